The van der Waals surface area contributed by atoms with Crippen LogP contribution >= 0.6 is 15.9 Å². The molecule has 0 amide bonds. The number of sulfonamides is 1. The molecule has 0 bridgehead atoms. The van der Waals surface area contributed by atoms with Gasteiger partial charge in [-0.1, -0.05) is 0 Å². The van der Waals surface area contributed by atoms with E-state index in [1.807, 2.05) is 0 Å². The molecule has 0 spiro atoms. The number of hydrogen-bond donors (Lipinski definition) is 1. The first-order valence-corrected chi connectivity index (χ1v) is 6.14. The summed E-state index contributed by atoms with van der Waals surface area (Å²) in [4.78, 5) is 11.6. The van der Waals surface area contributed by atoms with Crippen molar-refractivity contribution in [1.29, 1.82) is 0 Å². The van der Waals surface area contributed by atoms with Crippen molar-refractivity contribution < 1.29 is 22.1 Å². The number of primary sulfonamides is 1. The molecule has 94 valence electrons. The molecule has 1 aromatic heterocycles. The Labute approximate surface area is 102 Å². The molecule has 0 radical (unpaired) electrons. The lowest BCUT2D eigenvalue weighted by atomic mass is 10.3. The smallest absolute Gasteiger partial charge is 0.358 e. The summed E-state index contributed by atoms with van der Waals surface area (Å²) in [5.41, 5.74) is -1.04. The van der Waals surface area contributed by atoms with E-state index in [9.17, 15) is 27.3 Å². The molecule has 0 saturated heterocycles. The normalized spacial score (nSPS) is 11.8. The minimum absolute atomic E-state index is 0.483. The van der Waals surface area contributed by atoms with E-state index in [0.717, 1.165) is 0 Å². The molecule has 17 heavy (non-hydrogen) atoms. The van der Waals surface area contributed by atoms with E-state index >= 15 is 0 Å². The second-order valence-corrected chi connectivity index (χ2v) is 5.11. The van der Waals surface area contributed by atoms with Crippen LogP contribution in [0.15, 0.2) is 15.4 Å². The number of hydrogen-bond acceptors (Lipinski definition) is 5. The van der Waals surface area contributed by atoms with Crippen LogP contribution in [-0.4, -0.2) is 18.3 Å². The summed E-state index contributed by atoms with van der Waals surface area (Å²) in [7, 11) is -4.37. The highest BCUT2D eigenvalue weighted by molar-refractivity contribution is 9.10. The fraction of sp³-hybridized carbons (Fsp3) is 0.167. The highest BCUT2D eigenvalue weighted by atomic mass is 79.9. The van der Waals surface area contributed by atoms with Gasteiger partial charge in [-0.2, -0.15) is 0 Å². The van der Waals surface area contributed by atoms with Crippen molar-refractivity contribution in [2.75, 3.05) is 0 Å². The van der Waals surface area contributed by atoms with E-state index in [2.05, 4.69) is 20.9 Å². The molecule has 0 fully saturated rings. The molecular weight excluding hydrogens is 328 g/mol. The lowest BCUT2D eigenvalue weighted by Crippen LogP contribution is -2.15. The van der Waals surface area contributed by atoms with Gasteiger partial charge >= 0.3 is 12.2 Å². The average molecular weight is 332 g/mol. The summed E-state index contributed by atoms with van der Waals surface area (Å²) in [5.74, 6) is -1.04. The monoisotopic (exact) mass is 331 g/mol. The van der Waals surface area contributed by atoms with Gasteiger partial charge in [0.1, 0.15) is 9.37 Å². The van der Waals surface area contributed by atoms with Crippen molar-refractivity contribution >= 4 is 31.8 Å². The lowest BCUT2D eigenvalue weighted by molar-refractivity contribution is -0.390. The van der Waals surface area contributed by atoms with Crippen molar-refractivity contribution in [2.45, 2.75) is 11.3 Å². The second-order valence-electron chi connectivity index (χ2n) is 2.79. The van der Waals surface area contributed by atoms with Crippen LogP contribution in [0.4, 0.5) is 14.6 Å². The molecule has 1 rings (SSSR count). The first-order valence-electron chi connectivity index (χ1n) is 3.80. The Hall–Kier alpha value is -1.20. The van der Waals surface area contributed by atoms with Crippen LogP contribution < -0.4 is 5.14 Å². The highest BCUT2D eigenvalue weighted by Gasteiger charge is 2.29. The van der Waals surface area contributed by atoms with Gasteiger partial charge in [0.2, 0.25) is 15.7 Å². The Morgan fingerprint density at radius 3 is 2.41 bits per heavy atom. The summed E-state index contributed by atoms with van der Waals surface area (Å²) in [5, 5.41) is 15.3. The number of nitrogens with two attached hydrogens (primary N) is 1. The van der Waals surface area contributed by atoms with Crippen LogP contribution in [0.2, 0.25) is 0 Å². The van der Waals surface area contributed by atoms with E-state index in [-0.39, 0.29) is 0 Å². The third-order valence-electron chi connectivity index (χ3n) is 1.63. The zero-order valence-corrected chi connectivity index (χ0v) is 10.2. The number of nitro groups is 1. The van der Waals surface area contributed by atoms with Crippen LogP contribution in [0.25, 0.3) is 0 Å². The van der Waals surface area contributed by atoms with Gasteiger partial charge in [-0.15, -0.1) is 0 Å². The number of pyridine rings is 1. The summed E-state index contributed by atoms with van der Waals surface area (Å²) < 4.78 is 46.3. The average Bonchev–Trinajstić information content (AvgIpc) is 2.15. The third kappa shape index (κ3) is 2.92. The Morgan fingerprint density at radius 2 is 2.06 bits per heavy atom. The first kappa shape index (κ1) is 13.9. The van der Waals surface area contributed by atoms with Crippen molar-refractivity contribution in [2.24, 2.45) is 5.14 Å². The van der Waals surface area contributed by atoms with Gasteiger partial charge in [0.15, 0.2) is 0 Å². The van der Waals surface area contributed by atoms with Gasteiger partial charge in [0.05, 0.1) is 0 Å². The van der Waals surface area contributed by atoms with Gasteiger partial charge in [-0.25, -0.2) is 22.3 Å². The van der Waals surface area contributed by atoms with Gasteiger partial charge < -0.3 is 10.1 Å². The fourth-order valence-electron chi connectivity index (χ4n) is 0.951. The summed E-state index contributed by atoms with van der Waals surface area (Å²) in [6.07, 6.45) is -3.15. The van der Waals surface area contributed by atoms with E-state index in [1.54, 1.807) is 0 Å². The fourth-order valence-corrected chi connectivity index (χ4v) is 2.60. The maximum Gasteiger partial charge on any atom is 0.379 e. The molecular formula is C6H4BrF2N3O4S. The quantitative estimate of drug-likeness (QED) is 0.662. The van der Waals surface area contributed by atoms with Crippen LogP contribution in [0.1, 0.15) is 12.1 Å². The number of halogens is 3. The van der Waals surface area contributed by atoms with Crippen molar-refractivity contribution in [3.05, 3.63) is 26.3 Å². The van der Waals surface area contributed by atoms with Crippen molar-refractivity contribution in [1.82, 2.24) is 4.98 Å². The molecule has 2 N–H and O–H groups in total. The molecule has 0 atom stereocenters. The second kappa shape index (κ2) is 4.58. The maximum atomic E-state index is 12.4. The molecule has 11 heteroatoms. The van der Waals surface area contributed by atoms with Crippen molar-refractivity contribution in [3.63, 3.8) is 0 Å². The topological polar surface area (TPSA) is 116 Å². The number of alkyl halides is 2. The summed E-state index contributed by atoms with van der Waals surface area (Å²) in [6.45, 7) is 0. The Bertz CT molecular complexity index is 577. The van der Waals surface area contributed by atoms with Crippen LogP contribution in [0.5, 0.6) is 0 Å². The zero-order chi connectivity index (χ0) is 13.4. The number of aromatic nitrogens is 1. The van der Waals surface area contributed by atoms with Gasteiger partial charge in [-0.05, 0) is 25.8 Å². The molecule has 1 aromatic rings. The molecule has 0 aliphatic rings. The van der Waals surface area contributed by atoms with E-state index < -0.39 is 42.3 Å². The molecule has 0 aliphatic heterocycles. The van der Waals surface area contributed by atoms with Crippen LogP contribution in [0.3, 0.4) is 0 Å². The Morgan fingerprint density at radius 1 is 1.53 bits per heavy atom. The molecule has 0 saturated carbocycles. The number of nitrogens with zero attached hydrogens (tertiary/aromatic N) is 2. The predicted molar refractivity (Wildman–Crippen MR) is 54.9 cm³/mol. The molecule has 7 nitrogen and oxygen atoms in total. The van der Waals surface area contributed by atoms with Crippen LogP contribution in [-0.2, 0) is 10.0 Å². The molecule has 0 aliphatic carbocycles. The maximum absolute atomic E-state index is 12.4. The van der Waals surface area contributed by atoms with Crippen LogP contribution in [0, 0.1) is 10.1 Å². The van der Waals surface area contributed by atoms with Crippen molar-refractivity contribution in [3.8, 4) is 0 Å². The first-order chi connectivity index (χ1) is 7.64. The van der Waals surface area contributed by atoms with Gasteiger partial charge in [0.25, 0.3) is 0 Å². The van der Waals surface area contributed by atoms with Gasteiger partial charge in [-0.3, -0.25) is 0 Å². The highest BCUT2D eigenvalue weighted by Crippen LogP contribution is 2.32. The SMILES string of the molecule is NS(=O)(=O)c1cc(C(F)F)nc([N+](=O)[O-])c1Br. The summed E-state index contributed by atoms with van der Waals surface area (Å²) in [6, 6.07) is 0.483. The zero-order valence-electron chi connectivity index (χ0n) is 7.80. The molecule has 0 aromatic carbocycles. The molecule has 0 unspecified atom stereocenters. The van der Waals surface area contributed by atoms with Gasteiger partial charge in [0, 0.05) is 6.07 Å². The largest absolute Gasteiger partial charge is 0.379 e. The minimum atomic E-state index is -4.37. The lowest BCUT2D eigenvalue weighted by Gasteiger charge is -2.03. The summed E-state index contributed by atoms with van der Waals surface area (Å²) >= 11 is 2.59. The van der Waals surface area contributed by atoms with E-state index in [1.165, 1.54) is 0 Å². The number of rotatable bonds is 3. The van der Waals surface area contributed by atoms with E-state index in [4.69, 9.17) is 5.14 Å². The van der Waals surface area contributed by atoms with E-state index in [0.29, 0.717) is 6.07 Å². The standard InChI is InChI=1S/C6H4BrF2N3O4S/c7-4-3(17(10,15)16)1-2(5(8)9)11-6(4)12(13)14/h1,5H,(H2,10,15,16). The predicted octanol–water partition coefficient (Wildman–Crippen LogP) is 1.34. The molecule has 1 heterocycles. The minimum Gasteiger partial charge on any atom is -0.358 e. The Balaban J connectivity index is 3.67. The Kier molecular flexibility index (Phi) is 3.74. The third-order valence-corrected chi connectivity index (χ3v) is 3.61.